The Kier molecular flexibility index (Phi) is 38.1. The van der Waals surface area contributed by atoms with Crippen molar-refractivity contribution >= 4 is 18.0 Å². The van der Waals surface area contributed by atoms with Crippen LogP contribution < -0.4 is 10.6 Å². The molecule has 0 aromatic heterocycles. The Balaban J connectivity index is 3.91. The van der Waals surface area contributed by atoms with Crippen molar-refractivity contribution in [2.24, 2.45) is 5.92 Å². The summed E-state index contributed by atoms with van der Waals surface area (Å²) in [6.45, 7) is 10.0. The van der Waals surface area contributed by atoms with Crippen LogP contribution in [-0.2, 0) is 19.1 Å². The third-order valence-corrected chi connectivity index (χ3v) is 9.62. The van der Waals surface area contributed by atoms with Crippen LogP contribution in [0.25, 0.3) is 0 Å². The minimum Gasteiger partial charge on any atom is -0.465 e. The van der Waals surface area contributed by atoms with Gasteiger partial charge in [-0.1, -0.05) is 155 Å². The van der Waals surface area contributed by atoms with Crippen LogP contribution >= 0.6 is 0 Å². The number of unbranched alkanes of at least 4 members (excludes halogenated alkanes) is 19. The molecular formula is C45H84N2O5. The number of esters is 2. The molecule has 0 saturated heterocycles. The first-order valence-corrected chi connectivity index (χ1v) is 22.1. The normalized spacial score (nSPS) is 12.2. The topological polar surface area (TPSA) is 93.7 Å². The summed E-state index contributed by atoms with van der Waals surface area (Å²) in [5, 5.41) is 5.81. The SMILES string of the molecule is CCCCC/C=C\C/C=C\CCCCCCCCNC(=O)NCC(C)COC(=O)CCCC(=O)OC(CCCCCCCC)CCCCCCCC. The average Bonchev–Trinajstić information content (AvgIpc) is 3.13. The fraction of sp³-hybridized carbons (Fsp3) is 0.844. The molecule has 0 aliphatic heterocycles. The molecule has 2 N–H and O–H groups in total. The van der Waals surface area contributed by atoms with E-state index in [9.17, 15) is 14.4 Å². The number of carbonyl (C=O) groups excluding carboxylic acids is 3. The molecule has 0 aliphatic rings. The highest BCUT2D eigenvalue weighted by atomic mass is 16.5. The van der Waals surface area contributed by atoms with Crippen molar-refractivity contribution in [1.29, 1.82) is 0 Å². The largest absolute Gasteiger partial charge is 0.465 e. The Hall–Kier alpha value is -2.31. The van der Waals surface area contributed by atoms with Crippen molar-refractivity contribution in [2.75, 3.05) is 19.7 Å². The number of rotatable bonds is 38. The Morgan fingerprint density at radius 3 is 1.62 bits per heavy atom. The molecule has 0 bridgehead atoms. The van der Waals surface area contributed by atoms with Crippen LogP contribution in [0.3, 0.4) is 0 Å². The lowest BCUT2D eigenvalue weighted by molar-refractivity contribution is -0.150. The minimum absolute atomic E-state index is 0.00577. The van der Waals surface area contributed by atoms with Crippen molar-refractivity contribution < 1.29 is 23.9 Å². The van der Waals surface area contributed by atoms with Gasteiger partial charge in [-0.15, -0.1) is 0 Å². The van der Waals surface area contributed by atoms with Crippen molar-refractivity contribution in [3.8, 4) is 0 Å². The molecule has 0 spiro atoms. The lowest BCUT2D eigenvalue weighted by Crippen LogP contribution is -2.39. The highest BCUT2D eigenvalue weighted by molar-refractivity contribution is 5.74. The van der Waals surface area contributed by atoms with Crippen LogP contribution in [0.15, 0.2) is 24.3 Å². The molecule has 304 valence electrons. The van der Waals surface area contributed by atoms with Gasteiger partial charge in [-0.05, 0) is 70.6 Å². The first-order chi connectivity index (χ1) is 25.4. The Bertz CT molecular complexity index is 858. The molecule has 0 rings (SSSR count). The summed E-state index contributed by atoms with van der Waals surface area (Å²) in [6, 6.07) is -0.175. The number of carbonyl (C=O) groups is 3. The van der Waals surface area contributed by atoms with Crippen LogP contribution in [-0.4, -0.2) is 43.8 Å². The van der Waals surface area contributed by atoms with Crippen molar-refractivity contribution in [1.82, 2.24) is 10.6 Å². The van der Waals surface area contributed by atoms with Crippen LogP contribution in [0.1, 0.15) is 214 Å². The molecule has 0 saturated carbocycles. The van der Waals surface area contributed by atoms with Gasteiger partial charge in [-0.3, -0.25) is 9.59 Å². The molecule has 0 radical (unpaired) electrons. The van der Waals surface area contributed by atoms with Crippen LogP contribution in [0.5, 0.6) is 0 Å². The van der Waals surface area contributed by atoms with E-state index in [1.165, 1.54) is 122 Å². The molecule has 0 heterocycles. The predicted molar refractivity (Wildman–Crippen MR) is 221 cm³/mol. The van der Waals surface area contributed by atoms with Gasteiger partial charge >= 0.3 is 18.0 Å². The summed E-state index contributed by atoms with van der Waals surface area (Å²) in [5.74, 6) is -0.503. The first kappa shape index (κ1) is 49.7. The quantitative estimate of drug-likeness (QED) is 0.0374. The number of allylic oxidation sites excluding steroid dienone is 4. The van der Waals surface area contributed by atoms with E-state index in [0.717, 1.165) is 44.9 Å². The van der Waals surface area contributed by atoms with Gasteiger partial charge in [0.1, 0.15) is 6.10 Å². The number of hydrogen-bond acceptors (Lipinski definition) is 5. The average molecular weight is 733 g/mol. The van der Waals surface area contributed by atoms with E-state index in [0.29, 0.717) is 19.5 Å². The number of amides is 2. The molecule has 0 aromatic rings. The number of urea groups is 1. The van der Waals surface area contributed by atoms with Gasteiger partial charge in [-0.2, -0.15) is 0 Å². The molecule has 0 fully saturated rings. The third kappa shape index (κ3) is 37.4. The molecule has 0 aliphatic carbocycles. The van der Waals surface area contributed by atoms with Gasteiger partial charge in [0.2, 0.25) is 0 Å². The highest BCUT2D eigenvalue weighted by Gasteiger charge is 2.16. The Morgan fingerprint density at radius 2 is 1.02 bits per heavy atom. The van der Waals surface area contributed by atoms with Crippen molar-refractivity contribution in [2.45, 2.75) is 220 Å². The lowest BCUT2D eigenvalue weighted by atomic mass is 10.0. The van der Waals surface area contributed by atoms with E-state index in [-0.39, 0.29) is 49.4 Å². The summed E-state index contributed by atoms with van der Waals surface area (Å²) >= 11 is 0. The fourth-order valence-corrected chi connectivity index (χ4v) is 6.20. The Labute approximate surface area is 321 Å². The smallest absolute Gasteiger partial charge is 0.314 e. The van der Waals surface area contributed by atoms with Gasteiger partial charge in [0, 0.05) is 31.8 Å². The molecule has 52 heavy (non-hydrogen) atoms. The predicted octanol–water partition coefficient (Wildman–Crippen LogP) is 12.9. The van der Waals surface area contributed by atoms with Gasteiger partial charge in [0.15, 0.2) is 0 Å². The third-order valence-electron chi connectivity index (χ3n) is 9.62. The van der Waals surface area contributed by atoms with Crippen LogP contribution in [0, 0.1) is 5.92 Å². The van der Waals surface area contributed by atoms with Crippen molar-refractivity contribution in [3.05, 3.63) is 24.3 Å². The highest BCUT2D eigenvalue weighted by Crippen LogP contribution is 2.18. The second-order valence-corrected chi connectivity index (χ2v) is 15.1. The summed E-state index contributed by atoms with van der Waals surface area (Å²) in [4.78, 5) is 37.1. The number of hydrogen-bond donors (Lipinski definition) is 2. The van der Waals surface area contributed by atoms with Crippen LogP contribution in [0.2, 0.25) is 0 Å². The zero-order valence-corrected chi connectivity index (χ0v) is 34.6. The second kappa shape index (κ2) is 39.9. The Morgan fingerprint density at radius 1 is 0.538 bits per heavy atom. The minimum atomic E-state index is -0.308. The maximum Gasteiger partial charge on any atom is 0.314 e. The maximum atomic E-state index is 12.6. The number of nitrogens with one attached hydrogen (secondary N) is 2. The monoisotopic (exact) mass is 733 g/mol. The summed E-state index contributed by atoms with van der Waals surface area (Å²) in [5.41, 5.74) is 0. The van der Waals surface area contributed by atoms with Gasteiger partial charge in [0.25, 0.3) is 0 Å². The standard InChI is InChI=1S/C45H84N2O5/c1-5-8-11-14-17-18-19-20-21-22-23-24-25-26-29-32-38-46-45(50)47-39-41(4)40-51-43(48)36-33-37-44(49)52-42(34-30-27-15-12-9-6-2)35-31-28-16-13-10-7-3/h17-18,20-21,41-42H,5-16,19,22-40H2,1-4H3,(H2,46,47,50)/b18-17-,21-20-. The molecule has 0 aromatic carbocycles. The molecular weight excluding hydrogens is 649 g/mol. The summed E-state index contributed by atoms with van der Waals surface area (Å²) < 4.78 is 11.3. The maximum absolute atomic E-state index is 12.6. The molecule has 2 amide bonds. The second-order valence-electron chi connectivity index (χ2n) is 15.1. The van der Waals surface area contributed by atoms with Gasteiger partial charge in [0.05, 0.1) is 6.61 Å². The van der Waals surface area contributed by atoms with E-state index in [2.05, 4.69) is 55.7 Å². The lowest BCUT2D eigenvalue weighted by Gasteiger charge is -2.18. The molecule has 1 atom stereocenters. The summed E-state index contributed by atoms with van der Waals surface area (Å²) in [7, 11) is 0. The fourth-order valence-electron chi connectivity index (χ4n) is 6.20. The van der Waals surface area contributed by atoms with E-state index < -0.39 is 0 Å². The first-order valence-electron chi connectivity index (χ1n) is 22.1. The van der Waals surface area contributed by atoms with E-state index in [4.69, 9.17) is 9.47 Å². The van der Waals surface area contributed by atoms with Gasteiger partial charge in [-0.25, -0.2) is 4.79 Å². The van der Waals surface area contributed by atoms with Crippen LogP contribution in [0.4, 0.5) is 4.79 Å². The number of ether oxygens (including phenoxy) is 2. The van der Waals surface area contributed by atoms with E-state index in [1.54, 1.807) is 0 Å². The molecule has 1 unspecified atom stereocenters. The summed E-state index contributed by atoms with van der Waals surface area (Å²) in [6.07, 6.45) is 41.2. The molecule has 7 heteroatoms. The van der Waals surface area contributed by atoms with Gasteiger partial charge < -0.3 is 20.1 Å². The van der Waals surface area contributed by atoms with Crippen molar-refractivity contribution in [3.63, 3.8) is 0 Å². The molecule has 7 nitrogen and oxygen atoms in total. The zero-order chi connectivity index (χ0) is 38.2. The van der Waals surface area contributed by atoms with E-state index >= 15 is 0 Å². The zero-order valence-electron chi connectivity index (χ0n) is 34.6. The van der Waals surface area contributed by atoms with E-state index in [1.807, 2.05) is 6.92 Å².